The Bertz CT molecular complexity index is 803. The highest BCUT2D eigenvalue weighted by Crippen LogP contribution is 2.27. The van der Waals surface area contributed by atoms with E-state index in [9.17, 15) is 4.79 Å². The fraction of sp³-hybridized carbons (Fsp3) is 0.550. The van der Waals surface area contributed by atoms with Crippen LogP contribution in [0.25, 0.3) is 11.0 Å². The van der Waals surface area contributed by atoms with Gasteiger partial charge in [0.1, 0.15) is 12.2 Å². The number of rotatable bonds is 5. The van der Waals surface area contributed by atoms with Crippen LogP contribution in [0.1, 0.15) is 40.5 Å². The molecule has 3 rings (SSSR count). The van der Waals surface area contributed by atoms with Crippen molar-refractivity contribution in [2.24, 2.45) is 0 Å². The number of ether oxygens (including phenoxy) is 3. The first kappa shape index (κ1) is 19.2. The molecule has 0 bridgehead atoms. The van der Waals surface area contributed by atoms with Crippen molar-refractivity contribution in [3.63, 3.8) is 0 Å². The Morgan fingerprint density at radius 3 is 2.37 bits per heavy atom. The number of fused-ring (bicyclic) bond motifs is 1. The highest BCUT2D eigenvalue weighted by molar-refractivity contribution is 5.75. The van der Waals surface area contributed by atoms with Gasteiger partial charge in [0.25, 0.3) is 11.8 Å². The van der Waals surface area contributed by atoms with E-state index < -0.39 is 5.60 Å². The summed E-state index contributed by atoms with van der Waals surface area (Å²) < 4.78 is 17.0. The van der Waals surface area contributed by atoms with Crippen molar-refractivity contribution in [3.8, 4) is 11.8 Å². The molecule has 1 fully saturated rings. The third kappa shape index (κ3) is 4.78. The van der Waals surface area contributed by atoms with E-state index in [2.05, 4.69) is 9.97 Å². The second kappa shape index (κ2) is 7.98. The van der Waals surface area contributed by atoms with E-state index in [0.29, 0.717) is 31.5 Å². The lowest BCUT2D eigenvalue weighted by Crippen LogP contribution is -2.42. The molecule has 0 aliphatic carbocycles. The Kier molecular flexibility index (Phi) is 5.68. The summed E-state index contributed by atoms with van der Waals surface area (Å²) in [5, 5.41) is 0. The Hall–Kier alpha value is -2.57. The fourth-order valence-electron chi connectivity index (χ4n) is 3.04. The average Bonchev–Trinajstić information content (AvgIpc) is 3.07. The second-order valence-corrected chi connectivity index (χ2v) is 7.54. The summed E-state index contributed by atoms with van der Waals surface area (Å²) in [6.45, 7) is 8.96. The van der Waals surface area contributed by atoms with Gasteiger partial charge in [-0.3, -0.25) is 0 Å². The fourth-order valence-corrected chi connectivity index (χ4v) is 3.04. The lowest BCUT2D eigenvalue weighted by molar-refractivity contribution is 0.0184. The van der Waals surface area contributed by atoms with Gasteiger partial charge in [0.15, 0.2) is 0 Å². The van der Waals surface area contributed by atoms with Gasteiger partial charge in [0.2, 0.25) is 0 Å². The molecule has 1 saturated heterocycles. The molecule has 7 nitrogen and oxygen atoms in total. The van der Waals surface area contributed by atoms with Crippen LogP contribution in [0.5, 0.6) is 11.8 Å². The number of benzene rings is 1. The largest absolute Gasteiger partial charge is 0.474 e. The molecule has 27 heavy (non-hydrogen) atoms. The Balaban J connectivity index is 1.73. The molecule has 0 unspecified atom stereocenters. The van der Waals surface area contributed by atoms with E-state index in [1.165, 1.54) is 0 Å². The van der Waals surface area contributed by atoms with Gasteiger partial charge >= 0.3 is 6.09 Å². The molecule has 1 amide bonds. The van der Waals surface area contributed by atoms with Crippen LogP contribution in [0.4, 0.5) is 4.79 Å². The van der Waals surface area contributed by atoms with Crippen molar-refractivity contribution in [3.05, 3.63) is 24.3 Å². The average molecular weight is 373 g/mol. The van der Waals surface area contributed by atoms with E-state index in [1.807, 2.05) is 52.0 Å². The molecule has 7 heteroatoms. The Morgan fingerprint density at radius 1 is 1.15 bits per heavy atom. The maximum absolute atomic E-state index is 12.4. The van der Waals surface area contributed by atoms with Gasteiger partial charge < -0.3 is 19.1 Å². The summed E-state index contributed by atoms with van der Waals surface area (Å²) >= 11 is 0. The van der Waals surface area contributed by atoms with Crippen molar-refractivity contribution >= 4 is 17.1 Å². The smallest absolute Gasteiger partial charge is 0.410 e. The first-order valence-electron chi connectivity index (χ1n) is 9.39. The number of hydrogen-bond acceptors (Lipinski definition) is 6. The van der Waals surface area contributed by atoms with Crippen LogP contribution < -0.4 is 9.47 Å². The monoisotopic (exact) mass is 373 g/mol. The second-order valence-electron chi connectivity index (χ2n) is 7.54. The minimum absolute atomic E-state index is 0.0532. The zero-order chi connectivity index (χ0) is 19.4. The Labute approximate surface area is 159 Å². The molecule has 2 heterocycles. The van der Waals surface area contributed by atoms with Gasteiger partial charge in [-0.15, -0.1) is 0 Å². The van der Waals surface area contributed by atoms with Gasteiger partial charge in [-0.1, -0.05) is 12.1 Å². The quantitative estimate of drug-likeness (QED) is 0.793. The number of aromatic nitrogens is 2. The van der Waals surface area contributed by atoms with Crippen molar-refractivity contribution in [2.75, 3.05) is 19.8 Å². The molecule has 1 aromatic heterocycles. The van der Waals surface area contributed by atoms with Gasteiger partial charge in [0, 0.05) is 6.54 Å². The number of carbonyl (C=O) groups is 1. The van der Waals surface area contributed by atoms with Crippen molar-refractivity contribution < 1.29 is 19.0 Å². The number of para-hydroxylation sites is 2. The lowest BCUT2D eigenvalue weighted by Gasteiger charge is -2.28. The first-order valence-corrected chi connectivity index (χ1v) is 9.39. The van der Waals surface area contributed by atoms with Gasteiger partial charge in [-0.05, 0) is 52.7 Å². The molecule has 2 aromatic rings. The topological polar surface area (TPSA) is 73.8 Å². The summed E-state index contributed by atoms with van der Waals surface area (Å²) in [6, 6.07) is 7.53. The van der Waals surface area contributed by atoms with Crippen LogP contribution in [0.2, 0.25) is 0 Å². The molecule has 146 valence electrons. The van der Waals surface area contributed by atoms with Crippen LogP contribution in [0.15, 0.2) is 24.3 Å². The number of nitrogens with zero attached hydrogens (tertiary/aromatic N) is 3. The lowest BCUT2D eigenvalue weighted by atomic mass is 10.2. The molecule has 1 aromatic carbocycles. The predicted molar refractivity (Wildman–Crippen MR) is 102 cm³/mol. The summed E-state index contributed by atoms with van der Waals surface area (Å²) in [7, 11) is 0. The minimum Gasteiger partial charge on any atom is -0.474 e. The van der Waals surface area contributed by atoms with Crippen LogP contribution in [-0.2, 0) is 4.74 Å². The van der Waals surface area contributed by atoms with Gasteiger partial charge in [-0.2, -0.15) is 0 Å². The summed E-state index contributed by atoms with van der Waals surface area (Å²) in [5.41, 5.74) is 0.979. The predicted octanol–water partition coefficient (Wildman–Crippen LogP) is 3.81. The third-order valence-electron chi connectivity index (χ3n) is 4.21. The summed E-state index contributed by atoms with van der Waals surface area (Å²) in [5.74, 6) is 0.726. The maximum atomic E-state index is 12.4. The van der Waals surface area contributed by atoms with Crippen LogP contribution in [-0.4, -0.2) is 52.4 Å². The van der Waals surface area contributed by atoms with E-state index in [0.717, 1.165) is 23.9 Å². The normalized spacial score (nSPS) is 17.2. The number of amides is 1. The zero-order valence-corrected chi connectivity index (χ0v) is 16.4. The SMILES string of the molecule is CCOc1nc2ccccc2nc1OC[C@H]1CCCN1C(=O)OC(C)(C)C. The van der Waals surface area contributed by atoms with Crippen LogP contribution in [0, 0.1) is 0 Å². The van der Waals surface area contributed by atoms with E-state index >= 15 is 0 Å². The van der Waals surface area contributed by atoms with Crippen molar-refractivity contribution in [1.82, 2.24) is 14.9 Å². The minimum atomic E-state index is -0.517. The standard InChI is InChI=1S/C20H27N3O4/c1-5-25-17-18(22-16-11-7-6-10-15(16)21-17)26-13-14-9-8-12-23(14)19(24)27-20(2,3)4/h6-7,10-11,14H,5,8-9,12-13H2,1-4H3/t14-/m1/s1. The summed E-state index contributed by atoms with van der Waals surface area (Å²) in [6.07, 6.45) is 1.49. The molecular weight excluding hydrogens is 346 g/mol. The number of likely N-dealkylation sites (tertiary alicyclic amines) is 1. The number of carbonyl (C=O) groups excluding carboxylic acids is 1. The molecule has 0 spiro atoms. The molecular formula is C20H27N3O4. The molecule has 1 aliphatic heterocycles. The molecule has 0 radical (unpaired) electrons. The van der Waals surface area contributed by atoms with Crippen molar-refractivity contribution in [1.29, 1.82) is 0 Å². The molecule has 1 atom stereocenters. The van der Waals surface area contributed by atoms with Crippen molar-refractivity contribution in [2.45, 2.75) is 52.2 Å². The van der Waals surface area contributed by atoms with E-state index in [1.54, 1.807) is 4.90 Å². The summed E-state index contributed by atoms with van der Waals surface area (Å²) in [4.78, 5) is 23.2. The molecule has 0 N–H and O–H groups in total. The maximum Gasteiger partial charge on any atom is 0.410 e. The van der Waals surface area contributed by atoms with Crippen LogP contribution >= 0.6 is 0 Å². The third-order valence-corrected chi connectivity index (χ3v) is 4.21. The zero-order valence-electron chi connectivity index (χ0n) is 16.4. The highest BCUT2D eigenvalue weighted by atomic mass is 16.6. The number of hydrogen-bond donors (Lipinski definition) is 0. The van der Waals surface area contributed by atoms with Gasteiger partial charge in [0.05, 0.1) is 23.7 Å². The van der Waals surface area contributed by atoms with Gasteiger partial charge in [-0.25, -0.2) is 14.8 Å². The highest BCUT2D eigenvalue weighted by Gasteiger charge is 2.33. The molecule has 1 aliphatic rings. The van der Waals surface area contributed by atoms with Crippen LogP contribution in [0.3, 0.4) is 0 Å². The Morgan fingerprint density at radius 2 is 1.78 bits per heavy atom. The van der Waals surface area contributed by atoms with E-state index in [-0.39, 0.29) is 12.1 Å². The van der Waals surface area contributed by atoms with E-state index in [4.69, 9.17) is 14.2 Å². The first-order chi connectivity index (χ1) is 12.9. The molecule has 0 saturated carbocycles.